The standard InChI is InChI=1S/C17H14N2O3/c1-2-18-15(20)11-7-9-12(10-8-11)19-16(21)13-5-3-4-6-14(13)17(19)22/h3-10H,2H2,1H3,(H,18,20). The molecule has 0 saturated heterocycles. The lowest BCUT2D eigenvalue weighted by Gasteiger charge is -2.14. The van der Waals surface area contributed by atoms with Gasteiger partial charge in [0.1, 0.15) is 0 Å². The van der Waals surface area contributed by atoms with E-state index in [1.54, 1.807) is 48.5 Å². The Labute approximate surface area is 127 Å². The minimum atomic E-state index is -0.341. The number of fused-ring (bicyclic) bond motifs is 1. The molecule has 1 aliphatic heterocycles. The molecule has 5 heteroatoms. The maximum atomic E-state index is 12.4. The molecule has 1 heterocycles. The summed E-state index contributed by atoms with van der Waals surface area (Å²) in [7, 11) is 0. The van der Waals surface area contributed by atoms with Crippen molar-refractivity contribution in [3.63, 3.8) is 0 Å². The largest absolute Gasteiger partial charge is 0.352 e. The third kappa shape index (κ3) is 2.16. The number of hydrogen-bond donors (Lipinski definition) is 1. The van der Waals surface area contributed by atoms with Crippen LogP contribution in [0.1, 0.15) is 38.0 Å². The second kappa shape index (κ2) is 5.44. The van der Waals surface area contributed by atoms with Gasteiger partial charge in [0.15, 0.2) is 0 Å². The van der Waals surface area contributed by atoms with Crippen molar-refractivity contribution in [2.45, 2.75) is 6.92 Å². The van der Waals surface area contributed by atoms with E-state index in [2.05, 4.69) is 5.32 Å². The zero-order valence-corrected chi connectivity index (χ0v) is 12.0. The Morgan fingerprint density at radius 1 is 0.955 bits per heavy atom. The molecule has 1 N–H and O–H groups in total. The van der Waals surface area contributed by atoms with Crippen molar-refractivity contribution >= 4 is 23.4 Å². The number of imide groups is 1. The third-order valence-corrected chi connectivity index (χ3v) is 3.52. The minimum Gasteiger partial charge on any atom is -0.352 e. The molecule has 0 bridgehead atoms. The quantitative estimate of drug-likeness (QED) is 0.883. The highest BCUT2D eigenvalue weighted by Gasteiger charge is 2.36. The van der Waals surface area contributed by atoms with Crippen molar-refractivity contribution < 1.29 is 14.4 Å². The van der Waals surface area contributed by atoms with Crippen LogP contribution in [0.3, 0.4) is 0 Å². The van der Waals surface area contributed by atoms with Crippen LogP contribution in [0.15, 0.2) is 48.5 Å². The minimum absolute atomic E-state index is 0.184. The van der Waals surface area contributed by atoms with E-state index in [9.17, 15) is 14.4 Å². The van der Waals surface area contributed by atoms with Crippen LogP contribution >= 0.6 is 0 Å². The van der Waals surface area contributed by atoms with Crippen LogP contribution in [0.2, 0.25) is 0 Å². The fourth-order valence-corrected chi connectivity index (χ4v) is 2.45. The molecule has 1 aliphatic rings. The number of anilines is 1. The summed E-state index contributed by atoms with van der Waals surface area (Å²) in [4.78, 5) is 37.6. The van der Waals surface area contributed by atoms with Gasteiger partial charge in [-0.1, -0.05) is 12.1 Å². The van der Waals surface area contributed by atoms with Crippen LogP contribution in [0.4, 0.5) is 5.69 Å². The maximum absolute atomic E-state index is 12.4. The van der Waals surface area contributed by atoms with Gasteiger partial charge in [0, 0.05) is 12.1 Å². The average molecular weight is 294 g/mol. The Hall–Kier alpha value is -2.95. The van der Waals surface area contributed by atoms with Gasteiger partial charge in [-0.3, -0.25) is 14.4 Å². The predicted octanol–water partition coefficient (Wildman–Crippen LogP) is 2.24. The Kier molecular flexibility index (Phi) is 3.47. The lowest BCUT2D eigenvalue weighted by atomic mass is 10.1. The highest BCUT2D eigenvalue weighted by molar-refractivity contribution is 6.34. The molecule has 5 nitrogen and oxygen atoms in total. The van der Waals surface area contributed by atoms with Gasteiger partial charge in [-0.05, 0) is 43.3 Å². The van der Waals surface area contributed by atoms with Crippen molar-refractivity contribution in [2.75, 3.05) is 11.4 Å². The van der Waals surface area contributed by atoms with Gasteiger partial charge in [0.05, 0.1) is 16.8 Å². The first-order valence-electron chi connectivity index (χ1n) is 6.99. The van der Waals surface area contributed by atoms with Crippen LogP contribution in [0.5, 0.6) is 0 Å². The molecule has 0 fully saturated rings. The van der Waals surface area contributed by atoms with E-state index in [0.29, 0.717) is 28.9 Å². The van der Waals surface area contributed by atoms with Gasteiger partial charge in [0.25, 0.3) is 17.7 Å². The number of hydrogen-bond acceptors (Lipinski definition) is 3. The summed E-state index contributed by atoms with van der Waals surface area (Å²) < 4.78 is 0. The number of nitrogens with one attached hydrogen (secondary N) is 1. The van der Waals surface area contributed by atoms with E-state index in [0.717, 1.165) is 4.90 Å². The maximum Gasteiger partial charge on any atom is 0.266 e. The third-order valence-electron chi connectivity index (χ3n) is 3.52. The SMILES string of the molecule is CCNC(=O)c1ccc(N2C(=O)c3ccccc3C2=O)cc1. The van der Waals surface area contributed by atoms with Crippen molar-refractivity contribution in [1.82, 2.24) is 5.32 Å². The van der Waals surface area contributed by atoms with Crippen LogP contribution in [-0.4, -0.2) is 24.3 Å². The molecule has 0 radical (unpaired) electrons. The van der Waals surface area contributed by atoms with Gasteiger partial charge in [-0.15, -0.1) is 0 Å². The first-order valence-corrected chi connectivity index (χ1v) is 6.99. The molecular formula is C17H14N2O3. The van der Waals surface area contributed by atoms with Gasteiger partial charge in [-0.25, -0.2) is 4.90 Å². The summed E-state index contributed by atoms with van der Waals surface area (Å²) in [5.41, 5.74) is 1.75. The number of carbonyl (C=O) groups excluding carboxylic acids is 3. The van der Waals surface area contributed by atoms with Crippen LogP contribution in [0.25, 0.3) is 0 Å². The molecule has 22 heavy (non-hydrogen) atoms. The number of amides is 3. The van der Waals surface area contributed by atoms with Crippen molar-refractivity contribution in [2.24, 2.45) is 0 Å². The normalized spacial score (nSPS) is 13.2. The summed E-state index contributed by atoms with van der Waals surface area (Å²) in [6.45, 7) is 2.38. The Bertz CT molecular complexity index is 731. The molecule has 0 spiro atoms. The molecule has 0 aromatic heterocycles. The smallest absolute Gasteiger partial charge is 0.266 e. The molecule has 0 saturated carbocycles. The predicted molar refractivity (Wildman–Crippen MR) is 82.0 cm³/mol. The van der Waals surface area contributed by atoms with Crippen molar-refractivity contribution in [1.29, 1.82) is 0 Å². The monoisotopic (exact) mass is 294 g/mol. The second-order valence-electron chi connectivity index (χ2n) is 4.90. The molecule has 0 atom stereocenters. The van der Waals surface area contributed by atoms with E-state index in [1.165, 1.54) is 0 Å². The van der Waals surface area contributed by atoms with Gasteiger partial charge < -0.3 is 5.32 Å². The van der Waals surface area contributed by atoms with Crippen LogP contribution in [0, 0.1) is 0 Å². The topological polar surface area (TPSA) is 66.5 Å². The summed E-state index contributed by atoms with van der Waals surface area (Å²) in [6.07, 6.45) is 0. The summed E-state index contributed by atoms with van der Waals surface area (Å²) in [5.74, 6) is -0.867. The summed E-state index contributed by atoms with van der Waals surface area (Å²) in [5, 5.41) is 2.70. The Balaban J connectivity index is 1.92. The summed E-state index contributed by atoms with van der Waals surface area (Å²) in [6, 6.07) is 13.1. The number of carbonyl (C=O) groups is 3. The molecule has 2 aromatic rings. The Morgan fingerprint density at radius 2 is 1.50 bits per heavy atom. The molecule has 0 unspecified atom stereocenters. The van der Waals surface area contributed by atoms with E-state index in [1.807, 2.05) is 6.92 Å². The van der Waals surface area contributed by atoms with Crippen molar-refractivity contribution in [3.05, 3.63) is 65.2 Å². The Morgan fingerprint density at radius 3 is 2.00 bits per heavy atom. The van der Waals surface area contributed by atoms with E-state index in [-0.39, 0.29) is 17.7 Å². The van der Waals surface area contributed by atoms with Gasteiger partial charge in [-0.2, -0.15) is 0 Å². The fraction of sp³-hybridized carbons (Fsp3) is 0.118. The molecule has 0 aliphatic carbocycles. The van der Waals surface area contributed by atoms with E-state index in [4.69, 9.17) is 0 Å². The first kappa shape index (κ1) is 14.0. The lowest BCUT2D eigenvalue weighted by molar-refractivity contribution is 0.0923. The van der Waals surface area contributed by atoms with E-state index < -0.39 is 0 Å². The van der Waals surface area contributed by atoms with Crippen LogP contribution in [-0.2, 0) is 0 Å². The molecule has 2 aromatic carbocycles. The average Bonchev–Trinajstić information content (AvgIpc) is 2.80. The molecule has 3 amide bonds. The summed E-state index contributed by atoms with van der Waals surface area (Å²) >= 11 is 0. The first-order chi connectivity index (χ1) is 10.6. The van der Waals surface area contributed by atoms with Gasteiger partial charge in [0.2, 0.25) is 0 Å². The van der Waals surface area contributed by atoms with E-state index >= 15 is 0 Å². The van der Waals surface area contributed by atoms with Gasteiger partial charge >= 0.3 is 0 Å². The highest BCUT2D eigenvalue weighted by Crippen LogP contribution is 2.28. The number of nitrogens with zero attached hydrogens (tertiary/aromatic N) is 1. The molecule has 110 valence electrons. The number of benzene rings is 2. The fourth-order valence-electron chi connectivity index (χ4n) is 2.45. The number of rotatable bonds is 3. The molecule has 3 rings (SSSR count). The van der Waals surface area contributed by atoms with Crippen LogP contribution < -0.4 is 10.2 Å². The second-order valence-corrected chi connectivity index (χ2v) is 4.90. The molecular weight excluding hydrogens is 280 g/mol. The van der Waals surface area contributed by atoms with Crippen molar-refractivity contribution in [3.8, 4) is 0 Å². The highest BCUT2D eigenvalue weighted by atomic mass is 16.2. The zero-order chi connectivity index (χ0) is 15.7. The zero-order valence-electron chi connectivity index (χ0n) is 12.0. The lowest BCUT2D eigenvalue weighted by Crippen LogP contribution is -2.29.